The third kappa shape index (κ3) is 44.0. The molecule has 0 aliphatic carbocycles. The molecule has 8 nitrogen and oxygen atoms in total. The maximum absolute atomic E-state index is 12.9. The van der Waals surface area contributed by atoms with E-state index in [-0.39, 0.29) is 19.1 Å². The molecule has 1 amide bonds. The number of hydrogen-bond acceptors (Lipinski definition) is 5. The van der Waals surface area contributed by atoms with E-state index in [1.54, 1.807) is 6.08 Å². The van der Waals surface area contributed by atoms with Crippen LogP contribution in [0.4, 0.5) is 0 Å². The third-order valence-corrected chi connectivity index (χ3v) is 11.4. The number of nitrogens with one attached hydrogen (secondary N) is 1. The second kappa shape index (κ2) is 42.3. The summed E-state index contributed by atoms with van der Waals surface area (Å²) in [6, 6.07) is -0.864. The second-order valence-corrected chi connectivity index (χ2v) is 18.9. The van der Waals surface area contributed by atoms with E-state index >= 15 is 0 Å². The van der Waals surface area contributed by atoms with Gasteiger partial charge in [0.15, 0.2) is 0 Å². The van der Waals surface area contributed by atoms with Crippen LogP contribution in [0.3, 0.4) is 0 Å². The fourth-order valence-electron chi connectivity index (χ4n) is 6.58. The van der Waals surface area contributed by atoms with Gasteiger partial charge in [-0.1, -0.05) is 189 Å². The second-order valence-electron chi connectivity index (χ2n) is 17.4. The molecular weight excluding hydrogens is 768 g/mol. The lowest BCUT2D eigenvalue weighted by Crippen LogP contribution is -2.45. The van der Waals surface area contributed by atoms with Crippen LogP contribution in [0.15, 0.2) is 72.9 Å². The quantitative estimate of drug-likeness (QED) is 0.0244. The van der Waals surface area contributed by atoms with Gasteiger partial charge in [-0.25, -0.2) is 4.57 Å². The number of carbonyl (C=O) groups excluding carboxylic acids is 1. The molecule has 0 aliphatic rings. The highest BCUT2D eigenvalue weighted by Gasteiger charge is 2.27. The number of aliphatic hydroxyl groups is 1. The number of likely N-dealkylation sites (N-methyl/N-ethyl adjacent to an activating group) is 1. The summed E-state index contributed by atoms with van der Waals surface area (Å²) in [6.07, 6.45) is 57.1. The Balaban J connectivity index is 4.19. The van der Waals surface area contributed by atoms with Gasteiger partial charge in [-0.15, -0.1) is 0 Å². The van der Waals surface area contributed by atoms with Crippen molar-refractivity contribution < 1.29 is 32.9 Å². The third-order valence-electron chi connectivity index (χ3n) is 10.4. The molecule has 0 saturated heterocycles. The molecule has 0 aromatic rings. The van der Waals surface area contributed by atoms with Gasteiger partial charge in [0.1, 0.15) is 13.2 Å². The molecule has 3 N–H and O–H groups in total. The molecule has 3 atom stereocenters. The summed E-state index contributed by atoms with van der Waals surface area (Å²) < 4.78 is 23.5. The van der Waals surface area contributed by atoms with Crippen molar-refractivity contribution in [1.82, 2.24) is 5.32 Å². The maximum Gasteiger partial charge on any atom is 0.472 e. The predicted octanol–water partition coefficient (Wildman–Crippen LogP) is 14.0. The number of nitrogens with zero attached hydrogens (tertiary/aromatic N) is 1. The zero-order valence-corrected chi connectivity index (χ0v) is 40.3. The summed E-state index contributed by atoms with van der Waals surface area (Å²) in [6.45, 7) is 4.64. The van der Waals surface area contributed by atoms with Gasteiger partial charge < -0.3 is 19.8 Å². The average molecular weight is 862 g/mol. The summed E-state index contributed by atoms with van der Waals surface area (Å²) in [5.74, 6) is -0.192. The summed E-state index contributed by atoms with van der Waals surface area (Å²) >= 11 is 0. The van der Waals surface area contributed by atoms with Gasteiger partial charge in [0.2, 0.25) is 5.91 Å². The Morgan fingerprint density at radius 1 is 0.583 bits per heavy atom. The van der Waals surface area contributed by atoms with Gasteiger partial charge in [-0.2, -0.15) is 0 Å². The van der Waals surface area contributed by atoms with E-state index in [0.29, 0.717) is 17.4 Å². The summed E-state index contributed by atoms with van der Waals surface area (Å²) in [4.78, 5) is 23.1. The van der Waals surface area contributed by atoms with Crippen LogP contribution in [0.25, 0.3) is 0 Å². The van der Waals surface area contributed by atoms with Crippen molar-refractivity contribution in [3.63, 3.8) is 0 Å². The largest absolute Gasteiger partial charge is 0.472 e. The van der Waals surface area contributed by atoms with Crippen molar-refractivity contribution in [3.8, 4) is 0 Å². The minimum absolute atomic E-state index is 0.0536. The van der Waals surface area contributed by atoms with Crippen LogP contribution in [0, 0.1) is 0 Å². The van der Waals surface area contributed by atoms with E-state index in [4.69, 9.17) is 9.05 Å². The van der Waals surface area contributed by atoms with Crippen molar-refractivity contribution in [2.45, 2.75) is 206 Å². The first-order chi connectivity index (χ1) is 29.0. The van der Waals surface area contributed by atoms with Gasteiger partial charge in [-0.05, 0) is 70.6 Å². The lowest BCUT2D eigenvalue weighted by molar-refractivity contribution is -0.870. The van der Waals surface area contributed by atoms with Crippen molar-refractivity contribution in [3.05, 3.63) is 72.9 Å². The molecule has 0 aromatic carbocycles. The molecule has 60 heavy (non-hydrogen) atoms. The zero-order valence-electron chi connectivity index (χ0n) is 39.4. The smallest absolute Gasteiger partial charge is 0.387 e. The molecule has 0 saturated carbocycles. The van der Waals surface area contributed by atoms with Gasteiger partial charge in [0.25, 0.3) is 0 Å². The molecule has 0 fully saturated rings. The first kappa shape index (κ1) is 57.9. The van der Waals surface area contributed by atoms with E-state index in [1.165, 1.54) is 109 Å². The van der Waals surface area contributed by atoms with E-state index < -0.39 is 20.0 Å². The standard InChI is InChI=1S/C51H93N2O6P/c1-6-8-10-12-14-16-18-19-20-21-22-23-24-25-26-27-28-29-30-31-32-33-35-37-39-41-43-45-51(55)52-49(48-59-60(56,57)58-47-46-53(3,4)5)50(54)44-42-40-38-36-34-17-15-13-11-9-7-2/h8,10,14,16,19-20,22-23,34,36,42,44,49-50,54H,6-7,9,11-13,15,17-18,21,24-33,35,37-41,43,45-48H2,1-5H3,(H-,52,55,56,57)/p+1/b10-8-,16-14-,20-19-,23-22-,36-34+,44-42+. The number of aliphatic hydroxyl groups excluding tert-OH is 1. The number of hydrogen-bond donors (Lipinski definition) is 3. The minimum atomic E-state index is -4.35. The van der Waals surface area contributed by atoms with E-state index in [2.05, 4.69) is 79.9 Å². The lowest BCUT2D eigenvalue weighted by atomic mass is 10.0. The lowest BCUT2D eigenvalue weighted by Gasteiger charge is -2.25. The van der Waals surface area contributed by atoms with Crippen LogP contribution in [0.2, 0.25) is 0 Å². The maximum atomic E-state index is 12.9. The van der Waals surface area contributed by atoms with Gasteiger partial charge in [0, 0.05) is 6.42 Å². The SMILES string of the molecule is CC/C=C\C/C=C\C/C=C\C/C=C\CCCCCCCCCCCCCCCCC(=O)NC(COP(=O)(O)OCC[N+](C)(C)C)C(O)/C=C/CC/C=C/CCCCCCC. The monoisotopic (exact) mass is 862 g/mol. The zero-order chi connectivity index (χ0) is 44.3. The number of unbranched alkanes of at least 4 members (excludes halogenated alkanes) is 20. The Morgan fingerprint density at radius 2 is 1.02 bits per heavy atom. The highest BCUT2D eigenvalue weighted by atomic mass is 31.2. The normalized spacial score (nSPS) is 14.8. The number of amides is 1. The first-order valence-electron chi connectivity index (χ1n) is 24.3. The summed E-state index contributed by atoms with van der Waals surface area (Å²) in [5.41, 5.74) is 0. The van der Waals surface area contributed by atoms with Crippen LogP contribution >= 0.6 is 7.82 Å². The van der Waals surface area contributed by atoms with Crippen LogP contribution in [0.5, 0.6) is 0 Å². The highest BCUT2D eigenvalue weighted by Crippen LogP contribution is 2.43. The predicted molar refractivity (Wildman–Crippen MR) is 258 cm³/mol. The van der Waals surface area contributed by atoms with Crippen molar-refractivity contribution in [2.75, 3.05) is 40.9 Å². The number of quaternary nitrogens is 1. The fraction of sp³-hybridized carbons (Fsp3) is 0.745. The van der Waals surface area contributed by atoms with Gasteiger partial charge in [-0.3, -0.25) is 13.8 Å². The number of rotatable bonds is 43. The highest BCUT2D eigenvalue weighted by molar-refractivity contribution is 7.47. The molecule has 0 radical (unpaired) electrons. The van der Waals surface area contributed by atoms with Crippen LogP contribution in [0.1, 0.15) is 194 Å². The van der Waals surface area contributed by atoms with Crippen LogP contribution in [-0.2, 0) is 18.4 Å². The average Bonchev–Trinajstić information content (AvgIpc) is 3.20. The molecule has 0 aliphatic heterocycles. The van der Waals surface area contributed by atoms with E-state index in [0.717, 1.165) is 64.2 Å². The molecule has 0 aromatic heterocycles. The van der Waals surface area contributed by atoms with Crippen molar-refractivity contribution in [1.29, 1.82) is 0 Å². The molecular formula is C51H94N2O6P+. The molecule has 348 valence electrons. The van der Waals surface area contributed by atoms with Crippen LogP contribution in [-0.4, -0.2) is 73.4 Å². The van der Waals surface area contributed by atoms with Crippen molar-refractivity contribution >= 4 is 13.7 Å². The van der Waals surface area contributed by atoms with Gasteiger partial charge >= 0.3 is 7.82 Å². The molecule has 9 heteroatoms. The van der Waals surface area contributed by atoms with Gasteiger partial charge in [0.05, 0.1) is 39.9 Å². The number of phosphoric ester groups is 1. The molecule has 0 heterocycles. The molecule has 0 rings (SSSR count). The first-order valence-corrected chi connectivity index (χ1v) is 25.8. The Labute approximate surface area is 370 Å². The Kier molecular flexibility index (Phi) is 40.8. The van der Waals surface area contributed by atoms with E-state index in [1.807, 2.05) is 27.2 Å². The topological polar surface area (TPSA) is 105 Å². The number of phosphoric acid groups is 1. The Hall–Kier alpha value is -2.06. The van der Waals surface area contributed by atoms with E-state index in [9.17, 15) is 19.4 Å². The van der Waals surface area contributed by atoms with Crippen LogP contribution < -0.4 is 5.32 Å². The summed E-state index contributed by atoms with van der Waals surface area (Å²) in [7, 11) is 1.55. The Morgan fingerprint density at radius 3 is 1.53 bits per heavy atom. The summed E-state index contributed by atoms with van der Waals surface area (Å²) in [5, 5.41) is 13.8. The molecule has 3 unspecified atom stereocenters. The molecule has 0 spiro atoms. The molecule has 0 bridgehead atoms. The van der Waals surface area contributed by atoms with Crippen molar-refractivity contribution in [2.24, 2.45) is 0 Å². The number of carbonyl (C=O) groups is 1. The fourth-order valence-corrected chi connectivity index (χ4v) is 7.31. The minimum Gasteiger partial charge on any atom is -0.387 e. The number of allylic oxidation sites excluding steroid dienone is 11. The Bertz CT molecular complexity index is 1200.